The summed E-state index contributed by atoms with van der Waals surface area (Å²) in [6.07, 6.45) is 10.4. The number of benzene rings is 2. The zero-order valence-corrected chi connectivity index (χ0v) is 13.4. The van der Waals surface area contributed by atoms with E-state index >= 15 is 0 Å². The van der Waals surface area contributed by atoms with E-state index in [1.807, 2.05) is 0 Å². The van der Waals surface area contributed by atoms with E-state index < -0.39 is 0 Å². The third kappa shape index (κ3) is 2.77. The second-order valence-corrected chi connectivity index (χ2v) is 6.27. The minimum Gasteiger partial charge on any atom is -0.0654 e. The number of allylic oxidation sites excluding steroid dienone is 1. The summed E-state index contributed by atoms with van der Waals surface area (Å²) in [4.78, 5) is 0. The fourth-order valence-corrected chi connectivity index (χ4v) is 3.78. The molecular formula is C21H26. The molecule has 1 aliphatic rings. The van der Waals surface area contributed by atoms with Crippen molar-refractivity contribution >= 4 is 16.8 Å². The van der Waals surface area contributed by atoms with Crippen molar-refractivity contribution in [3.8, 4) is 0 Å². The predicted molar refractivity (Wildman–Crippen MR) is 93.7 cm³/mol. The largest absolute Gasteiger partial charge is 0.0654 e. The molecule has 1 atom stereocenters. The molecule has 0 heteroatoms. The van der Waals surface area contributed by atoms with Crippen LogP contribution in [0.5, 0.6) is 0 Å². The van der Waals surface area contributed by atoms with E-state index in [0.29, 0.717) is 5.92 Å². The van der Waals surface area contributed by atoms with Crippen molar-refractivity contribution in [3.05, 3.63) is 53.1 Å². The van der Waals surface area contributed by atoms with Crippen molar-refractivity contribution in [1.29, 1.82) is 0 Å². The highest BCUT2D eigenvalue weighted by Gasteiger charge is 2.22. The van der Waals surface area contributed by atoms with Gasteiger partial charge in [-0.05, 0) is 34.7 Å². The zero-order chi connectivity index (χ0) is 14.7. The maximum absolute atomic E-state index is 2.46. The van der Waals surface area contributed by atoms with Crippen molar-refractivity contribution < 1.29 is 0 Å². The average molecular weight is 278 g/mol. The molecule has 0 saturated carbocycles. The molecule has 0 aliphatic heterocycles. The first-order valence-electron chi connectivity index (χ1n) is 8.57. The van der Waals surface area contributed by atoms with Crippen LogP contribution in [0, 0.1) is 0 Å². The van der Waals surface area contributed by atoms with Gasteiger partial charge in [0.2, 0.25) is 0 Å². The molecular weight excluding hydrogens is 252 g/mol. The van der Waals surface area contributed by atoms with Crippen molar-refractivity contribution in [3.63, 3.8) is 0 Å². The molecule has 0 nitrogen and oxygen atoms in total. The van der Waals surface area contributed by atoms with Gasteiger partial charge in [0.15, 0.2) is 0 Å². The molecule has 21 heavy (non-hydrogen) atoms. The van der Waals surface area contributed by atoms with Crippen LogP contribution in [-0.2, 0) is 0 Å². The maximum atomic E-state index is 2.46. The highest BCUT2D eigenvalue weighted by molar-refractivity contribution is 5.96. The van der Waals surface area contributed by atoms with Crippen molar-refractivity contribution in [2.24, 2.45) is 0 Å². The van der Waals surface area contributed by atoms with Crippen molar-refractivity contribution in [1.82, 2.24) is 0 Å². The molecule has 0 fully saturated rings. The van der Waals surface area contributed by atoms with E-state index in [2.05, 4.69) is 56.3 Å². The van der Waals surface area contributed by atoms with Crippen LogP contribution >= 0.6 is 0 Å². The van der Waals surface area contributed by atoms with Gasteiger partial charge in [-0.2, -0.15) is 0 Å². The molecule has 0 N–H and O–H groups in total. The second kappa shape index (κ2) is 6.47. The fraction of sp³-hybridized carbons (Fsp3) is 0.429. The Labute approximate surface area is 128 Å². The molecule has 1 aliphatic carbocycles. The van der Waals surface area contributed by atoms with E-state index in [4.69, 9.17) is 0 Å². The molecule has 0 aromatic heterocycles. The van der Waals surface area contributed by atoms with E-state index in [1.165, 1.54) is 54.9 Å². The van der Waals surface area contributed by atoms with Gasteiger partial charge < -0.3 is 0 Å². The lowest BCUT2D eigenvalue weighted by molar-refractivity contribution is 0.587. The lowest BCUT2D eigenvalue weighted by Gasteiger charge is -2.27. The van der Waals surface area contributed by atoms with Gasteiger partial charge in [0.1, 0.15) is 0 Å². The first kappa shape index (κ1) is 14.4. The molecule has 0 spiro atoms. The molecule has 1 unspecified atom stereocenters. The van der Waals surface area contributed by atoms with Gasteiger partial charge in [-0.25, -0.2) is 0 Å². The van der Waals surface area contributed by atoms with Crippen LogP contribution in [0.1, 0.15) is 69.4 Å². The Kier molecular flexibility index (Phi) is 4.43. The minimum atomic E-state index is 0.644. The number of unbranched alkanes of at least 4 members (excludes halogenated alkanes) is 3. The van der Waals surface area contributed by atoms with Crippen LogP contribution in [0.3, 0.4) is 0 Å². The molecule has 0 heterocycles. The highest BCUT2D eigenvalue weighted by Crippen LogP contribution is 2.42. The Balaban J connectivity index is 1.97. The Bertz CT molecular complexity index is 643. The minimum absolute atomic E-state index is 0.644. The number of rotatable bonds is 6. The summed E-state index contributed by atoms with van der Waals surface area (Å²) in [6.45, 7) is 4.59. The van der Waals surface area contributed by atoms with Gasteiger partial charge >= 0.3 is 0 Å². The Morgan fingerprint density at radius 1 is 0.905 bits per heavy atom. The summed E-state index contributed by atoms with van der Waals surface area (Å²) in [5.41, 5.74) is 4.61. The Hall–Kier alpha value is -1.56. The van der Waals surface area contributed by atoms with Crippen LogP contribution in [0.2, 0.25) is 0 Å². The van der Waals surface area contributed by atoms with E-state index in [0.717, 1.165) is 0 Å². The van der Waals surface area contributed by atoms with Gasteiger partial charge in [0.25, 0.3) is 0 Å². The smallest absolute Gasteiger partial charge is 0.00577 e. The van der Waals surface area contributed by atoms with Gasteiger partial charge in [0, 0.05) is 5.92 Å². The second-order valence-electron chi connectivity index (χ2n) is 6.27. The summed E-state index contributed by atoms with van der Waals surface area (Å²) in [7, 11) is 0. The van der Waals surface area contributed by atoms with Crippen LogP contribution in [0.15, 0.2) is 42.0 Å². The summed E-state index contributed by atoms with van der Waals surface area (Å²) < 4.78 is 0. The molecule has 0 radical (unpaired) electrons. The molecule has 3 rings (SSSR count). The first-order valence-corrected chi connectivity index (χ1v) is 8.57. The standard InChI is InChI=1S/C21H26/c1-3-5-6-7-13-19-16(4-2)15-18-12-8-10-17-11-9-14-20(19)21(17)18/h8-12,14-15,19H,3-7,13H2,1-2H3. The first-order chi connectivity index (χ1) is 10.3. The summed E-state index contributed by atoms with van der Waals surface area (Å²) in [5, 5.41) is 2.90. The van der Waals surface area contributed by atoms with Crippen LogP contribution in [0.25, 0.3) is 16.8 Å². The summed E-state index contributed by atoms with van der Waals surface area (Å²) >= 11 is 0. The lowest BCUT2D eigenvalue weighted by Crippen LogP contribution is -2.08. The predicted octanol–water partition coefficient (Wildman–Crippen LogP) is 6.70. The summed E-state index contributed by atoms with van der Waals surface area (Å²) in [6, 6.07) is 13.6. The number of hydrogen-bond acceptors (Lipinski definition) is 0. The van der Waals surface area contributed by atoms with E-state index in [9.17, 15) is 0 Å². The Morgan fingerprint density at radius 3 is 2.48 bits per heavy atom. The number of hydrogen-bond donors (Lipinski definition) is 0. The molecule has 0 amide bonds. The topological polar surface area (TPSA) is 0 Å². The normalized spacial score (nSPS) is 17.0. The van der Waals surface area contributed by atoms with E-state index in [-0.39, 0.29) is 0 Å². The van der Waals surface area contributed by atoms with Gasteiger partial charge in [-0.1, -0.05) is 87.6 Å². The fourth-order valence-electron chi connectivity index (χ4n) is 3.78. The third-order valence-corrected chi connectivity index (χ3v) is 4.89. The molecule has 2 aromatic rings. The van der Waals surface area contributed by atoms with Crippen LogP contribution in [-0.4, -0.2) is 0 Å². The molecule has 110 valence electrons. The molecule has 2 aromatic carbocycles. The maximum Gasteiger partial charge on any atom is 0.00577 e. The molecule has 0 saturated heterocycles. The van der Waals surface area contributed by atoms with Gasteiger partial charge in [-0.3, -0.25) is 0 Å². The third-order valence-electron chi connectivity index (χ3n) is 4.89. The SMILES string of the molecule is CCCCCCC1C(CC)=Cc2cccc3cccc1c23. The average Bonchev–Trinajstić information content (AvgIpc) is 2.53. The van der Waals surface area contributed by atoms with Crippen LogP contribution < -0.4 is 0 Å². The molecule has 0 bridgehead atoms. The monoisotopic (exact) mass is 278 g/mol. The Morgan fingerprint density at radius 2 is 1.71 bits per heavy atom. The lowest BCUT2D eigenvalue weighted by atomic mass is 9.77. The zero-order valence-electron chi connectivity index (χ0n) is 13.4. The van der Waals surface area contributed by atoms with Crippen LogP contribution in [0.4, 0.5) is 0 Å². The van der Waals surface area contributed by atoms with E-state index in [1.54, 1.807) is 11.1 Å². The highest BCUT2D eigenvalue weighted by atomic mass is 14.3. The quantitative estimate of drug-likeness (QED) is 0.516. The van der Waals surface area contributed by atoms with Crippen molar-refractivity contribution in [2.45, 2.75) is 58.3 Å². The van der Waals surface area contributed by atoms with Crippen molar-refractivity contribution in [2.75, 3.05) is 0 Å². The van der Waals surface area contributed by atoms with Gasteiger partial charge in [0.05, 0.1) is 0 Å². The van der Waals surface area contributed by atoms with Gasteiger partial charge in [-0.15, -0.1) is 0 Å². The summed E-state index contributed by atoms with van der Waals surface area (Å²) in [5.74, 6) is 0.644.